The molecule has 0 amide bonds. The summed E-state index contributed by atoms with van der Waals surface area (Å²) in [5.41, 5.74) is 1.11. The molecule has 1 saturated carbocycles. The number of halogens is 1. The number of ether oxygens (including phenoxy) is 1. The summed E-state index contributed by atoms with van der Waals surface area (Å²) >= 11 is 6.02. The number of rotatable bonds is 2. The van der Waals surface area contributed by atoms with Crippen LogP contribution in [0.25, 0.3) is 6.08 Å². The molecule has 1 aromatic carbocycles. The zero-order chi connectivity index (χ0) is 11.8. The van der Waals surface area contributed by atoms with Crippen LogP contribution in [-0.2, 0) is 9.53 Å². The van der Waals surface area contributed by atoms with Gasteiger partial charge in [0.2, 0.25) is 5.90 Å². The second kappa shape index (κ2) is 4.00. The smallest absolute Gasteiger partial charge is 0.363 e. The molecule has 86 valence electrons. The van der Waals surface area contributed by atoms with Gasteiger partial charge in [-0.3, -0.25) is 0 Å². The van der Waals surface area contributed by atoms with Crippen molar-refractivity contribution in [1.29, 1.82) is 0 Å². The summed E-state index contributed by atoms with van der Waals surface area (Å²) in [6.45, 7) is 0. The van der Waals surface area contributed by atoms with Gasteiger partial charge in [0.05, 0.1) is 0 Å². The molecule has 4 heteroatoms. The molecule has 1 fully saturated rings. The van der Waals surface area contributed by atoms with E-state index in [2.05, 4.69) is 4.99 Å². The van der Waals surface area contributed by atoms with Crippen molar-refractivity contribution in [2.24, 2.45) is 10.9 Å². The van der Waals surface area contributed by atoms with Gasteiger partial charge in [-0.15, -0.1) is 0 Å². The van der Waals surface area contributed by atoms with Gasteiger partial charge in [0.15, 0.2) is 5.70 Å². The van der Waals surface area contributed by atoms with Crippen molar-refractivity contribution in [2.45, 2.75) is 12.8 Å². The molecule has 1 aromatic rings. The lowest BCUT2D eigenvalue weighted by Crippen LogP contribution is -2.05. The molecule has 1 heterocycles. The molecule has 1 aliphatic heterocycles. The van der Waals surface area contributed by atoms with E-state index in [0.29, 0.717) is 22.5 Å². The SMILES string of the molecule is O=C1OC(C2CC2)=N/C1=C\c1ccccc1Cl. The van der Waals surface area contributed by atoms with Crippen molar-refractivity contribution < 1.29 is 9.53 Å². The maximum absolute atomic E-state index is 11.6. The highest BCUT2D eigenvalue weighted by Crippen LogP contribution is 2.34. The summed E-state index contributed by atoms with van der Waals surface area (Å²) in [5.74, 6) is 0.524. The Morgan fingerprint density at radius 3 is 2.82 bits per heavy atom. The summed E-state index contributed by atoms with van der Waals surface area (Å²) in [6.07, 6.45) is 3.79. The van der Waals surface area contributed by atoms with Crippen LogP contribution in [0.5, 0.6) is 0 Å². The average molecular weight is 248 g/mol. The number of carbonyl (C=O) groups excluding carboxylic acids is 1. The first-order valence-corrected chi connectivity index (χ1v) is 5.89. The van der Waals surface area contributed by atoms with Crippen LogP contribution in [0.1, 0.15) is 18.4 Å². The number of carbonyl (C=O) groups is 1. The molecule has 3 nitrogen and oxygen atoms in total. The van der Waals surface area contributed by atoms with Crippen molar-refractivity contribution in [3.63, 3.8) is 0 Å². The summed E-state index contributed by atoms with van der Waals surface area (Å²) < 4.78 is 5.11. The molecule has 17 heavy (non-hydrogen) atoms. The van der Waals surface area contributed by atoms with E-state index in [1.807, 2.05) is 18.2 Å². The third-order valence-corrected chi connectivity index (χ3v) is 3.11. The van der Waals surface area contributed by atoms with E-state index in [-0.39, 0.29) is 5.97 Å². The lowest BCUT2D eigenvalue weighted by Gasteiger charge is -1.96. The normalized spacial score (nSPS) is 21.6. The van der Waals surface area contributed by atoms with Gasteiger partial charge < -0.3 is 4.74 Å². The van der Waals surface area contributed by atoms with Gasteiger partial charge in [0.1, 0.15) is 0 Å². The minimum Gasteiger partial charge on any atom is -0.406 e. The van der Waals surface area contributed by atoms with Gasteiger partial charge in [-0.25, -0.2) is 9.79 Å². The highest BCUT2D eigenvalue weighted by atomic mass is 35.5. The maximum Gasteiger partial charge on any atom is 0.363 e. The Labute approximate surface area is 104 Å². The fraction of sp³-hybridized carbons (Fsp3) is 0.231. The standard InChI is InChI=1S/C13H10ClNO2/c14-10-4-2-1-3-9(10)7-11-13(16)17-12(15-11)8-5-6-8/h1-4,7-8H,5-6H2/b11-7-. The molecule has 1 aliphatic carbocycles. The number of benzene rings is 1. The van der Waals surface area contributed by atoms with E-state index < -0.39 is 0 Å². The van der Waals surface area contributed by atoms with E-state index in [1.54, 1.807) is 12.1 Å². The first kappa shape index (κ1) is 10.5. The van der Waals surface area contributed by atoms with Crippen LogP contribution >= 0.6 is 11.6 Å². The van der Waals surface area contributed by atoms with E-state index >= 15 is 0 Å². The Balaban J connectivity index is 1.93. The van der Waals surface area contributed by atoms with Crippen LogP contribution in [0.2, 0.25) is 5.02 Å². The highest BCUT2D eigenvalue weighted by Gasteiger charge is 2.35. The first-order chi connectivity index (χ1) is 8.24. The predicted molar refractivity (Wildman–Crippen MR) is 65.7 cm³/mol. The van der Waals surface area contributed by atoms with Gasteiger partial charge >= 0.3 is 5.97 Å². The largest absolute Gasteiger partial charge is 0.406 e. The molecule has 0 saturated heterocycles. The Morgan fingerprint density at radius 2 is 2.12 bits per heavy atom. The monoisotopic (exact) mass is 247 g/mol. The number of esters is 1. The number of nitrogens with zero attached hydrogens (tertiary/aromatic N) is 1. The Kier molecular flexibility index (Phi) is 2.48. The molecule has 3 rings (SSSR count). The van der Waals surface area contributed by atoms with Crippen molar-refractivity contribution >= 4 is 29.5 Å². The molecule has 0 radical (unpaired) electrons. The van der Waals surface area contributed by atoms with Crippen molar-refractivity contribution in [2.75, 3.05) is 0 Å². The van der Waals surface area contributed by atoms with E-state index in [0.717, 1.165) is 18.4 Å². The van der Waals surface area contributed by atoms with Crippen LogP contribution in [0.3, 0.4) is 0 Å². The number of hydrogen-bond donors (Lipinski definition) is 0. The molecule has 0 unspecified atom stereocenters. The van der Waals surface area contributed by atoms with Crippen LogP contribution < -0.4 is 0 Å². The number of hydrogen-bond acceptors (Lipinski definition) is 3. The maximum atomic E-state index is 11.6. The van der Waals surface area contributed by atoms with Crippen LogP contribution in [0.15, 0.2) is 35.0 Å². The number of cyclic esters (lactones) is 1. The molecule has 2 aliphatic rings. The van der Waals surface area contributed by atoms with E-state index in [1.165, 1.54) is 0 Å². The van der Waals surface area contributed by atoms with Crippen molar-refractivity contribution in [3.8, 4) is 0 Å². The average Bonchev–Trinajstić information content (AvgIpc) is 3.09. The zero-order valence-corrected chi connectivity index (χ0v) is 9.78. The molecular weight excluding hydrogens is 238 g/mol. The minimum atomic E-state index is -0.383. The summed E-state index contributed by atoms with van der Waals surface area (Å²) in [6, 6.07) is 7.33. The van der Waals surface area contributed by atoms with E-state index in [4.69, 9.17) is 16.3 Å². The summed E-state index contributed by atoms with van der Waals surface area (Å²) in [4.78, 5) is 15.8. The fourth-order valence-electron chi connectivity index (χ4n) is 1.67. The fourth-order valence-corrected chi connectivity index (χ4v) is 1.86. The third kappa shape index (κ3) is 2.11. The predicted octanol–water partition coefficient (Wildman–Crippen LogP) is 3.05. The number of aliphatic imine (C=N–C) groups is 1. The van der Waals surface area contributed by atoms with Gasteiger partial charge in [0.25, 0.3) is 0 Å². The third-order valence-electron chi connectivity index (χ3n) is 2.76. The second-order valence-corrected chi connectivity index (χ2v) is 4.57. The zero-order valence-electron chi connectivity index (χ0n) is 9.02. The highest BCUT2D eigenvalue weighted by molar-refractivity contribution is 6.32. The lowest BCUT2D eigenvalue weighted by molar-refractivity contribution is -0.130. The molecule has 0 N–H and O–H groups in total. The van der Waals surface area contributed by atoms with Gasteiger partial charge in [-0.2, -0.15) is 0 Å². The molecule has 0 bridgehead atoms. The minimum absolute atomic E-state index is 0.333. The van der Waals surface area contributed by atoms with E-state index in [9.17, 15) is 4.79 Å². The second-order valence-electron chi connectivity index (χ2n) is 4.16. The van der Waals surface area contributed by atoms with Crippen LogP contribution in [-0.4, -0.2) is 11.9 Å². The Bertz CT molecular complexity index is 544. The summed E-state index contributed by atoms with van der Waals surface area (Å²) in [5, 5.41) is 0.600. The van der Waals surface area contributed by atoms with Gasteiger partial charge in [-0.1, -0.05) is 29.8 Å². The Hall–Kier alpha value is -1.61. The first-order valence-electron chi connectivity index (χ1n) is 5.51. The topological polar surface area (TPSA) is 38.7 Å². The van der Waals surface area contributed by atoms with Gasteiger partial charge in [-0.05, 0) is 30.5 Å². The van der Waals surface area contributed by atoms with Crippen LogP contribution in [0.4, 0.5) is 0 Å². The van der Waals surface area contributed by atoms with Crippen LogP contribution in [0, 0.1) is 5.92 Å². The quantitative estimate of drug-likeness (QED) is 0.595. The molecule has 0 aromatic heterocycles. The Morgan fingerprint density at radius 1 is 1.35 bits per heavy atom. The molecular formula is C13H10ClNO2. The van der Waals surface area contributed by atoms with Gasteiger partial charge in [0, 0.05) is 10.9 Å². The molecule has 0 spiro atoms. The van der Waals surface area contributed by atoms with Crippen molar-refractivity contribution in [3.05, 3.63) is 40.5 Å². The van der Waals surface area contributed by atoms with Crippen molar-refractivity contribution in [1.82, 2.24) is 0 Å². The lowest BCUT2D eigenvalue weighted by atomic mass is 10.2. The summed E-state index contributed by atoms with van der Waals surface area (Å²) in [7, 11) is 0. The molecule has 0 atom stereocenters.